The molecule has 0 radical (unpaired) electrons. The zero-order chi connectivity index (χ0) is 5.70. The minimum absolute atomic E-state index is 0.198. The van der Waals surface area contributed by atoms with Crippen molar-refractivity contribution < 1.29 is 8.76 Å². The van der Waals surface area contributed by atoms with Gasteiger partial charge in [-0.2, -0.15) is 0 Å². The smallest absolute Gasteiger partial charge is 0.0136 e. The average molecular weight is 119 g/mol. The predicted octanol–water partition coefficient (Wildman–Crippen LogP) is 0.442. The largest absolute Gasteiger partial charge is 0.772 e. The second-order valence-electron chi connectivity index (χ2n) is 1.09. The van der Waals surface area contributed by atoms with E-state index in [-0.39, 0.29) is 5.75 Å². The first kappa shape index (κ1) is 6.85. The van der Waals surface area contributed by atoms with E-state index in [0.717, 1.165) is 0 Å². The molecule has 7 heavy (non-hydrogen) atoms. The summed E-state index contributed by atoms with van der Waals surface area (Å²) in [5.74, 6) is 0.198. The first-order valence-corrected chi connectivity index (χ1v) is 3.18. The molecule has 0 bridgehead atoms. The molecule has 0 aromatic carbocycles. The highest BCUT2D eigenvalue weighted by atomic mass is 32.2. The van der Waals surface area contributed by atoms with E-state index in [4.69, 9.17) is 0 Å². The molecule has 0 heterocycles. The van der Waals surface area contributed by atoms with Gasteiger partial charge in [0, 0.05) is 5.75 Å². The summed E-state index contributed by atoms with van der Waals surface area (Å²) in [5.41, 5.74) is 0. The lowest BCUT2D eigenvalue weighted by Gasteiger charge is -1.98. The lowest BCUT2D eigenvalue weighted by Crippen LogP contribution is -1.91. The van der Waals surface area contributed by atoms with Gasteiger partial charge in [-0.15, -0.1) is 6.58 Å². The molecule has 0 aliphatic rings. The van der Waals surface area contributed by atoms with Crippen molar-refractivity contribution in [1.29, 1.82) is 0 Å². The summed E-state index contributed by atoms with van der Waals surface area (Å²) < 4.78 is 19.4. The lowest BCUT2D eigenvalue weighted by molar-refractivity contribution is 0.537. The van der Waals surface area contributed by atoms with Crippen molar-refractivity contribution in [1.82, 2.24) is 0 Å². The fourth-order valence-electron chi connectivity index (χ4n) is 0.180. The van der Waals surface area contributed by atoms with Crippen molar-refractivity contribution in [3.63, 3.8) is 0 Å². The van der Waals surface area contributed by atoms with Crippen molar-refractivity contribution >= 4 is 11.1 Å². The molecule has 0 fully saturated rings. The molecule has 1 atom stereocenters. The zero-order valence-electron chi connectivity index (χ0n) is 3.92. The van der Waals surface area contributed by atoms with Gasteiger partial charge in [0.2, 0.25) is 0 Å². The second-order valence-corrected chi connectivity index (χ2v) is 2.10. The van der Waals surface area contributed by atoms with Crippen LogP contribution in [0.4, 0.5) is 0 Å². The van der Waals surface area contributed by atoms with E-state index in [9.17, 15) is 8.76 Å². The monoisotopic (exact) mass is 119 g/mol. The minimum atomic E-state index is -1.89. The first-order chi connectivity index (χ1) is 3.27. The van der Waals surface area contributed by atoms with Crippen LogP contribution in [0.3, 0.4) is 0 Å². The molecule has 3 heteroatoms. The molecule has 0 aliphatic carbocycles. The summed E-state index contributed by atoms with van der Waals surface area (Å²) in [4.78, 5) is 0. The number of allylic oxidation sites excluding steroid dienone is 1. The predicted molar refractivity (Wildman–Crippen MR) is 28.6 cm³/mol. The summed E-state index contributed by atoms with van der Waals surface area (Å²) in [6, 6.07) is 0. The third-order valence-corrected chi connectivity index (χ3v) is 1.06. The van der Waals surface area contributed by atoms with E-state index >= 15 is 0 Å². The molecular weight excluding hydrogens is 112 g/mol. The summed E-state index contributed by atoms with van der Waals surface area (Å²) >= 11 is -1.89. The molecule has 0 aromatic rings. The van der Waals surface area contributed by atoms with E-state index in [1.165, 1.54) is 0 Å². The van der Waals surface area contributed by atoms with Crippen molar-refractivity contribution in [2.45, 2.75) is 6.42 Å². The molecule has 0 amide bonds. The van der Waals surface area contributed by atoms with Gasteiger partial charge < -0.3 is 4.55 Å². The fourth-order valence-corrected chi connectivity index (χ4v) is 0.539. The van der Waals surface area contributed by atoms with Crippen LogP contribution < -0.4 is 0 Å². The van der Waals surface area contributed by atoms with Crippen LogP contribution >= 0.6 is 0 Å². The molecule has 1 unspecified atom stereocenters. The summed E-state index contributed by atoms with van der Waals surface area (Å²) in [6.07, 6.45) is 2.13. The molecule has 0 N–H and O–H groups in total. The summed E-state index contributed by atoms with van der Waals surface area (Å²) in [6.45, 7) is 3.36. The maximum atomic E-state index is 9.71. The molecule has 0 spiro atoms. The lowest BCUT2D eigenvalue weighted by atomic mass is 10.5. The van der Waals surface area contributed by atoms with Crippen LogP contribution in [0.15, 0.2) is 12.7 Å². The van der Waals surface area contributed by atoms with Crippen LogP contribution in [0.25, 0.3) is 0 Å². The Morgan fingerprint density at radius 1 is 1.86 bits per heavy atom. The number of rotatable bonds is 3. The highest BCUT2D eigenvalue weighted by molar-refractivity contribution is 7.79. The minimum Gasteiger partial charge on any atom is -0.772 e. The van der Waals surface area contributed by atoms with Gasteiger partial charge in [-0.3, -0.25) is 4.21 Å². The Bertz CT molecular complexity index is 79.8. The van der Waals surface area contributed by atoms with Crippen LogP contribution in [0, 0.1) is 0 Å². The highest BCUT2D eigenvalue weighted by Gasteiger charge is 1.75. The SMILES string of the molecule is C=CCCS(=O)[O-]. The molecule has 0 aliphatic heterocycles. The Balaban J connectivity index is 2.97. The van der Waals surface area contributed by atoms with Crippen LogP contribution in [0.5, 0.6) is 0 Å². The third-order valence-electron chi connectivity index (χ3n) is 0.489. The zero-order valence-corrected chi connectivity index (χ0v) is 4.74. The Morgan fingerprint density at radius 2 is 2.43 bits per heavy atom. The third kappa shape index (κ3) is 5.85. The Labute approximate surface area is 45.5 Å². The van der Waals surface area contributed by atoms with Crippen LogP contribution in [-0.2, 0) is 11.1 Å². The van der Waals surface area contributed by atoms with E-state index in [0.29, 0.717) is 6.42 Å². The Kier molecular flexibility index (Phi) is 3.93. The van der Waals surface area contributed by atoms with Crippen molar-refractivity contribution in [3.8, 4) is 0 Å². The van der Waals surface area contributed by atoms with E-state index < -0.39 is 11.1 Å². The van der Waals surface area contributed by atoms with Crippen LogP contribution in [0.2, 0.25) is 0 Å². The number of hydrogen-bond acceptors (Lipinski definition) is 2. The molecule has 2 nitrogen and oxygen atoms in total. The summed E-state index contributed by atoms with van der Waals surface area (Å²) in [5, 5.41) is 0. The standard InChI is InChI=1S/C4H8O2S/c1-2-3-4-7(5)6/h2H,1,3-4H2,(H,5,6)/p-1. The van der Waals surface area contributed by atoms with Gasteiger partial charge in [0.1, 0.15) is 0 Å². The van der Waals surface area contributed by atoms with Gasteiger partial charge in [-0.05, 0) is 6.42 Å². The second kappa shape index (κ2) is 4.02. The Morgan fingerprint density at radius 3 is 2.57 bits per heavy atom. The van der Waals surface area contributed by atoms with E-state index in [1.54, 1.807) is 6.08 Å². The molecule has 0 rings (SSSR count). The van der Waals surface area contributed by atoms with Crippen LogP contribution in [0.1, 0.15) is 6.42 Å². The molecule has 0 saturated carbocycles. The molecule has 42 valence electrons. The van der Waals surface area contributed by atoms with E-state index in [1.807, 2.05) is 0 Å². The normalized spacial score (nSPS) is 13.3. The summed E-state index contributed by atoms with van der Waals surface area (Å²) in [7, 11) is 0. The van der Waals surface area contributed by atoms with Gasteiger partial charge in [-0.1, -0.05) is 17.2 Å². The highest BCUT2D eigenvalue weighted by Crippen LogP contribution is 1.80. The number of hydrogen-bond donors (Lipinski definition) is 0. The maximum absolute atomic E-state index is 9.71. The Hall–Kier alpha value is -0.150. The van der Waals surface area contributed by atoms with Crippen molar-refractivity contribution in [2.24, 2.45) is 0 Å². The van der Waals surface area contributed by atoms with Gasteiger partial charge >= 0.3 is 0 Å². The van der Waals surface area contributed by atoms with Gasteiger partial charge in [0.05, 0.1) is 0 Å². The molecule has 0 aromatic heterocycles. The van der Waals surface area contributed by atoms with Crippen molar-refractivity contribution in [3.05, 3.63) is 12.7 Å². The quantitative estimate of drug-likeness (QED) is 0.399. The molecule has 0 saturated heterocycles. The van der Waals surface area contributed by atoms with Gasteiger partial charge in [-0.25, -0.2) is 0 Å². The molecular formula is C4H7O2S-. The maximum Gasteiger partial charge on any atom is 0.0136 e. The fraction of sp³-hybridized carbons (Fsp3) is 0.500. The van der Waals surface area contributed by atoms with Gasteiger partial charge in [0.25, 0.3) is 0 Å². The van der Waals surface area contributed by atoms with Gasteiger partial charge in [0.15, 0.2) is 0 Å². The van der Waals surface area contributed by atoms with E-state index in [2.05, 4.69) is 6.58 Å². The first-order valence-electron chi connectivity index (χ1n) is 1.94. The van der Waals surface area contributed by atoms with Crippen LogP contribution in [-0.4, -0.2) is 14.5 Å². The topological polar surface area (TPSA) is 40.1 Å². The van der Waals surface area contributed by atoms with Crippen molar-refractivity contribution in [2.75, 3.05) is 5.75 Å². The average Bonchev–Trinajstić information content (AvgIpc) is 1.61.